The van der Waals surface area contributed by atoms with E-state index < -0.39 is 0 Å². The van der Waals surface area contributed by atoms with Crippen LogP contribution >= 0.6 is 0 Å². The fraction of sp³-hybridized carbons (Fsp3) is 0.412. The maximum atomic E-state index is 12.6. The zero-order valence-electron chi connectivity index (χ0n) is 12.6. The van der Waals surface area contributed by atoms with Crippen LogP contribution in [0.4, 0.5) is 0 Å². The van der Waals surface area contributed by atoms with E-state index in [4.69, 9.17) is 4.74 Å². The van der Waals surface area contributed by atoms with Crippen LogP contribution < -0.4 is 5.32 Å². The Morgan fingerprint density at radius 1 is 1.36 bits per heavy atom. The number of benzene rings is 1. The molecule has 1 aliphatic carbocycles. The van der Waals surface area contributed by atoms with Crippen LogP contribution in [0.2, 0.25) is 0 Å². The summed E-state index contributed by atoms with van der Waals surface area (Å²) in [6.45, 7) is 1.26. The van der Waals surface area contributed by atoms with Gasteiger partial charge in [-0.1, -0.05) is 6.07 Å². The molecule has 1 atom stereocenters. The van der Waals surface area contributed by atoms with E-state index in [9.17, 15) is 4.79 Å². The normalized spacial score (nSPS) is 19.6. The fourth-order valence-corrected chi connectivity index (χ4v) is 3.41. The van der Waals surface area contributed by atoms with Gasteiger partial charge in [-0.15, -0.1) is 0 Å². The molecule has 0 fully saturated rings. The van der Waals surface area contributed by atoms with Crippen LogP contribution in [-0.4, -0.2) is 15.7 Å². The summed E-state index contributed by atoms with van der Waals surface area (Å²) in [6.07, 6.45) is 4.97. The van der Waals surface area contributed by atoms with Gasteiger partial charge >= 0.3 is 0 Å². The molecule has 0 saturated carbocycles. The van der Waals surface area contributed by atoms with Gasteiger partial charge in [0.05, 0.1) is 25.5 Å². The van der Waals surface area contributed by atoms with Crippen LogP contribution in [0.25, 0.3) is 0 Å². The van der Waals surface area contributed by atoms with E-state index in [-0.39, 0.29) is 11.9 Å². The van der Waals surface area contributed by atoms with Gasteiger partial charge in [0.1, 0.15) is 0 Å². The number of amides is 1. The van der Waals surface area contributed by atoms with Gasteiger partial charge in [0, 0.05) is 23.9 Å². The maximum Gasteiger partial charge on any atom is 0.251 e. The minimum atomic E-state index is -0.0172. The van der Waals surface area contributed by atoms with Gasteiger partial charge in [0.25, 0.3) is 5.91 Å². The third-order valence-corrected chi connectivity index (χ3v) is 4.66. The molecule has 4 rings (SSSR count). The fourth-order valence-electron chi connectivity index (χ4n) is 3.41. The predicted octanol–water partition coefficient (Wildman–Crippen LogP) is 2.26. The number of carbonyl (C=O) groups excluding carboxylic acids is 1. The van der Waals surface area contributed by atoms with Crippen LogP contribution in [-0.2, 0) is 31.4 Å². The highest BCUT2D eigenvalue weighted by molar-refractivity contribution is 5.94. The van der Waals surface area contributed by atoms with Gasteiger partial charge in [0.15, 0.2) is 0 Å². The summed E-state index contributed by atoms with van der Waals surface area (Å²) in [5, 5.41) is 7.49. The molecule has 1 amide bonds. The Labute approximate surface area is 129 Å². The van der Waals surface area contributed by atoms with Gasteiger partial charge in [-0.3, -0.25) is 9.48 Å². The number of carbonyl (C=O) groups is 1. The number of hydrogen-bond acceptors (Lipinski definition) is 3. The van der Waals surface area contributed by atoms with E-state index in [1.165, 1.54) is 11.3 Å². The zero-order valence-corrected chi connectivity index (χ0v) is 12.6. The van der Waals surface area contributed by atoms with Crippen molar-refractivity contribution in [2.45, 2.75) is 38.5 Å². The van der Waals surface area contributed by atoms with Crippen LogP contribution in [0.5, 0.6) is 0 Å². The number of aryl methyl sites for hydroxylation is 1. The van der Waals surface area contributed by atoms with E-state index in [0.717, 1.165) is 30.4 Å². The van der Waals surface area contributed by atoms with E-state index in [2.05, 4.69) is 10.4 Å². The summed E-state index contributed by atoms with van der Waals surface area (Å²) < 4.78 is 7.32. The number of ether oxygens (including phenoxy) is 1. The van der Waals surface area contributed by atoms with E-state index >= 15 is 0 Å². The average Bonchev–Trinajstić information content (AvgIpc) is 3.14. The number of nitrogens with zero attached hydrogens (tertiary/aromatic N) is 2. The molecule has 5 heteroatoms. The van der Waals surface area contributed by atoms with Crippen molar-refractivity contribution < 1.29 is 9.53 Å². The third kappa shape index (κ3) is 2.22. The summed E-state index contributed by atoms with van der Waals surface area (Å²) in [7, 11) is 1.96. The van der Waals surface area contributed by atoms with Gasteiger partial charge in [-0.2, -0.15) is 5.10 Å². The molecule has 114 valence electrons. The van der Waals surface area contributed by atoms with Crippen molar-refractivity contribution in [1.29, 1.82) is 0 Å². The summed E-state index contributed by atoms with van der Waals surface area (Å²) >= 11 is 0. The van der Waals surface area contributed by atoms with Crippen molar-refractivity contribution in [2.24, 2.45) is 7.05 Å². The molecule has 2 aromatic rings. The summed E-state index contributed by atoms with van der Waals surface area (Å²) in [5.41, 5.74) is 5.41. The lowest BCUT2D eigenvalue weighted by Gasteiger charge is -2.24. The molecule has 1 aromatic carbocycles. The Hall–Kier alpha value is -2.14. The van der Waals surface area contributed by atoms with Crippen LogP contribution in [0, 0.1) is 0 Å². The number of aromatic nitrogens is 2. The zero-order chi connectivity index (χ0) is 15.1. The first kappa shape index (κ1) is 13.5. The van der Waals surface area contributed by atoms with Gasteiger partial charge in [-0.05, 0) is 42.5 Å². The predicted molar refractivity (Wildman–Crippen MR) is 81.3 cm³/mol. The van der Waals surface area contributed by atoms with E-state index in [1.807, 2.05) is 36.1 Å². The van der Waals surface area contributed by atoms with Gasteiger partial charge in [0.2, 0.25) is 0 Å². The molecule has 1 aliphatic heterocycles. The van der Waals surface area contributed by atoms with Gasteiger partial charge in [-0.25, -0.2) is 0 Å². The number of hydrogen-bond donors (Lipinski definition) is 1. The number of nitrogens with one attached hydrogen (secondary N) is 1. The molecule has 22 heavy (non-hydrogen) atoms. The lowest BCUT2D eigenvalue weighted by Crippen LogP contribution is -2.31. The quantitative estimate of drug-likeness (QED) is 0.925. The molecule has 5 nitrogen and oxygen atoms in total. The van der Waals surface area contributed by atoms with Crippen molar-refractivity contribution in [3.63, 3.8) is 0 Å². The molecule has 0 saturated heterocycles. The first-order valence-electron chi connectivity index (χ1n) is 7.73. The van der Waals surface area contributed by atoms with Crippen molar-refractivity contribution in [3.8, 4) is 0 Å². The van der Waals surface area contributed by atoms with Crippen LogP contribution in [0.15, 0.2) is 24.4 Å². The summed E-state index contributed by atoms with van der Waals surface area (Å²) in [4.78, 5) is 12.6. The van der Waals surface area contributed by atoms with Crippen molar-refractivity contribution in [3.05, 3.63) is 52.3 Å². The number of rotatable bonds is 2. The van der Waals surface area contributed by atoms with Crippen LogP contribution in [0.1, 0.15) is 51.6 Å². The largest absolute Gasteiger partial charge is 0.372 e. The monoisotopic (exact) mass is 297 g/mol. The van der Waals surface area contributed by atoms with Gasteiger partial charge < -0.3 is 10.1 Å². The highest BCUT2D eigenvalue weighted by atomic mass is 16.5. The molecule has 0 bridgehead atoms. The Kier molecular flexibility index (Phi) is 3.22. The second-order valence-electron chi connectivity index (χ2n) is 6.06. The maximum absolute atomic E-state index is 12.6. The standard InChI is InChI=1S/C17H19N3O2/c1-20-16-4-2-3-15(14(16)8-18-20)19-17(21)11-5-6-12-9-22-10-13(12)7-11/h5-8,15H,2-4,9-10H2,1H3,(H,19,21). The van der Waals surface area contributed by atoms with E-state index in [1.54, 1.807) is 0 Å². The topological polar surface area (TPSA) is 56.2 Å². The smallest absolute Gasteiger partial charge is 0.251 e. The summed E-state index contributed by atoms with van der Waals surface area (Å²) in [6, 6.07) is 5.89. The Morgan fingerprint density at radius 2 is 2.23 bits per heavy atom. The molecular weight excluding hydrogens is 278 g/mol. The molecule has 2 aliphatic rings. The first-order chi connectivity index (χ1) is 10.7. The molecule has 1 N–H and O–H groups in total. The average molecular weight is 297 g/mol. The van der Waals surface area contributed by atoms with Crippen LogP contribution in [0.3, 0.4) is 0 Å². The summed E-state index contributed by atoms with van der Waals surface area (Å²) in [5.74, 6) is -0.0172. The van der Waals surface area contributed by atoms with Crippen molar-refractivity contribution in [2.75, 3.05) is 0 Å². The molecular formula is C17H19N3O2. The molecule has 0 spiro atoms. The lowest BCUT2D eigenvalue weighted by atomic mass is 9.92. The molecule has 1 unspecified atom stereocenters. The second-order valence-corrected chi connectivity index (χ2v) is 6.06. The Morgan fingerprint density at radius 3 is 3.14 bits per heavy atom. The highest BCUT2D eigenvalue weighted by Crippen LogP contribution is 2.29. The Bertz CT molecular complexity index is 736. The molecule has 2 heterocycles. The minimum Gasteiger partial charge on any atom is -0.372 e. The first-order valence-corrected chi connectivity index (χ1v) is 7.73. The van der Waals surface area contributed by atoms with Crippen molar-refractivity contribution >= 4 is 5.91 Å². The Balaban J connectivity index is 1.55. The third-order valence-electron chi connectivity index (χ3n) is 4.66. The second kappa shape index (κ2) is 5.25. The van der Waals surface area contributed by atoms with Crippen molar-refractivity contribution in [1.82, 2.24) is 15.1 Å². The highest BCUT2D eigenvalue weighted by Gasteiger charge is 2.25. The lowest BCUT2D eigenvalue weighted by molar-refractivity contribution is 0.0932. The van der Waals surface area contributed by atoms with E-state index in [0.29, 0.717) is 18.8 Å². The number of fused-ring (bicyclic) bond motifs is 2. The minimum absolute atomic E-state index is 0.0172. The molecule has 1 aromatic heterocycles. The SMILES string of the molecule is Cn1ncc2c1CCCC2NC(=O)c1ccc2c(c1)COC2. The molecule has 0 radical (unpaired) electrons.